The highest BCUT2D eigenvalue weighted by atomic mass is 32.1. The topological polar surface area (TPSA) is 44.4 Å². The predicted molar refractivity (Wildman–Crippen MR) is 77.3 cm³/mol. The van der Waals surface area contributed by atoms with E-state index in [1.54, 1.807) is 0 Å². The largest absolute Gasteiger partial charge is 0.355 e. The summed E-state index contributed by atoms with van der Waals surface area (Å²) < 4.78 is 0. The summed E-state index contributed by atoms with van der Waals surface area (Å²) in [7, 11) is 0. The van der Waals surface area contributed by atoms with E-state index in [0.717, 1.165) is 52.1 Å². The Morgan fingerprint density at radius 1 is 1.58 bits per heavy atom. The molecule has 0 spiro atoms. The van der Waals surface area contributed by atoms with Crippen LogP contribution >= 0.6 is 11.3 Å². The maximum Gasteiger partial charge on any atom is 0.224 e. The Balaban J connectivity index is 1.40. The highest BCUT2D eigenvalue weighted by Crippen LogP contribution is 2.23. The Bertz CT molecular complexity index is 440. The lowest BCUT2D eigenvalue weighted by Gasteiger charge is -2.26. The zero-order valence-corrected chi connectivity index (χ0v) is 12.0. The van der Waals surface area contributed by atoms with Crippen LogP contribution in [0.4, 0.5) is 0 Å². The van der Waals surface area contributed by atoms with E-state index in [0.29, 0.717) is 0 Å². The fourth-order valence-corrected chi connectivity index (χ4v) is 3.75. The maximum absolute atomic E-state index is 11.9. The van der Waals surface area contributed by atoms with Crippen molar-refractivity contribution < 1.29 is 4.79 Å². The maximum atomic E-state index is 11.9. The van der Waals surface area contributed by atoms with Gasteiger partial charge in [-0.15, -0.1) is 11.3 Å². The third kappa shape index (κ3) is 3.16. The van der Waals surface area contributed by atoms with E-state index in [9.17, 15) is 4.79 Å². The molecule has 0 aromatic carbocycles. The number of rotatable bonds is 4. The molecule has 2 aliphatic heterocycles. The molecule has 1 aromatic heterocycles. The third-order valence-electron chi connectivity index (χ3n) is 4.05. The molecule has 2 aliphatic rings. The molecule has 2 N–H and O–H groups in total. The van der Waals surface area contributed by atoms with Gasteiger partial charge in [-0.2, -0.15) is 0 Å². The summed E-state index contributed by atoms with van der Waals surface area (Å²) in [5, 5.41) is 8.49. The number of carbonyl (C=O) groups excluding carboxylic acids is 1. The second kappa shape index (κ2) is 6.03. The molecule has 4 nitrogen and oxygen atoms in total. The number of amides is 1. The molecule has 1 fully saturated rings. The summed E-state index contributed by atoms with van der Waals surface area (Å²) in [6.45, 7) is 5.71. The molecule has 3 rings (SSSR count). The van der Waals surface area contributed by atoms with Crippen LogP contribution in [0.25, 0.3) is 0 Å². The van der Waals surface area contributed by atoms with Gasteiger partial charge in [-0.1, -0.05) is 0 Å². The minimum absolute atomic E-state index is 0.185. The van der Waals surface area contributed by atoms with E-state index in [1.165, 1.54) is 10.4 Å². The number of fused-ring (bicyclic) bond motifs is 1. The summed E-state index contributed by atoms with van der Waals surface area (Å²) in [5.74, 6) is 0.406. The van der Waals surface area contributed by atoms with E-state index in [4.69, 9.17) is 0 Å². The van der Waals surface area contributed by atoms with E-state index < -0.39 is 0 Å². The Hall–Kier alpha value is -0.910. The zero-order chi connectivity index (χ0) is 13.1. The molecule has 3 heterocycles. The lowest BCUT2D eigenvalue weighted by atomic mass is 10.1. The van der Waals surface area contributed by atoms with Crippen molar-refractivity contribution in [2.24, 2.45) is 5.92 Å². The monoisotopic (exact) mass is 279 g/mol. The average Bonchev–Trinajstić information content (AvgIpc) is 3.09. The van der Waals surface area contributed by atoms with Crippen molar-refractivity contribution in [2.45, 2.75) is 19.4 Å². The first kappa shape index (κ1) is 13.1. The Morgan fingerprint density at radius 3 is 3.37 bits per heavy atom. The van der Waals surface area contributed by atoms with Crippen molar-refractivity contribution in [1.82, 2.24) is 15.5 Å². The Labute approximate surface area is 118 Å². The molecule has 5 heteroatoms. The summed E-state index contributed by atoms with van der Waals surface area (Å²) in [6, 6.07) is 2.23. The second-order valence-electron chi connectivity index (χ2n) is 5.38. The summed E-state index contributed by atoms with van der Waals surface area (Å²) in [4.78, 5) is 15.8. The molecule has 0 bridgehead atoms. The van der Waals surface area contributed by atoms with Gasteiger partial charge in [0.2, 0.25) is 5.91 Å². The first-order valence-electron chi connectivity index (χ1n) is 7.09. The second-order valence-corrected chi connectivity index (χ2v) is 6.38. The molecular formula is C14H21N3OS. The highest BCUT2D eigenvalue weighted by molar-refractivity contribution is 7.10. The molecule has 1 saturated heterocycles. The minimum atomic E-state index is 0.185. The van der Waals surface area contributed by atoms with Crippen molar-refractivity contribution >= 4 is 17.2 Å². The molecule has 19 heavy (non-hydrogen) atoms. The van der Waals surface area contributed by atoms with Crippen LogP contribution in [0.1, 0.15) is 16.9 Å². The highest BCUT2D eigenvalue weighted by Gasteiger charge is 2.22. The fraction of sp³-hybridized carbons (Fsp3) is 0.643. The van der Waals surface area contributed by atoms with Gasteiger partial charge in [0.25, 0.3) is 0 Å². The lowest BCUT2D eigenvalue weighted by Crippen LogP contribution is -2.39. The van der Waals surface area contributed by atoms with Crippen LogP contribution < -0.4 is 10.6 Å². The Kier molecular flexibility index (Phi) is 4.15. The van der Waals surface area contributed by atoms with Crippen molar-refractivity contribution in [3.05, 3.63) is 21.9 Å². The van der Waals surface area contributed by atoms with E-state index in [-0.39, 0.29) is 11.8 Å². The number of carbonyl (C=O) groups is 1. The van der Waals surface area contributed by atoms with E-state index in [1.807, 2.05) is 11.3 Å². The summed E-state index contributed by atoms with van der Waals surface area (Å²) >= 11 is 1.87. The van der Waals surface area contributed by atoms with Crippen LogP contribution in [-0.2, 0) is 17.8 Å². The van der Waals surface area contributed by atoms with Crippen molar-refractivity contribution in [2.75, 3.05) is 32.7 Å². The number of hydrogen-bond acceptors (Lipinski definition) is 4. The molecule has 0 saturated carbocycles. The van der Waals surface area contributed by atoms with Gasteiger partial charge in [-0.05, 0) is 36.4 Å². The van der Waals surface area contributed by atoms with Crippen LogP contribution in [-0.4, -0.2) is 43.5 Å². The molecule has 1 aromatic rings. The Morgan fingerprint density at radius 2 is 2.53 bits per heavy atom. The fourth-order valence-electron chi connectivity index (χ4n) is 2.86. The summed E-state index contributed by atoms with van der Waals surface area (Å²) in [6.07, 6.45) is 2.14. The quantitative estimate of drug-likeness (QED) is 0.858. The molecule has 104 valence electrons. The van der Waals surface area contributed by atoms with Crippen LogP contribution in [0.15, 0.2) is 11.4 Å². The van der Waals surface area contributed by atoms with Gasteiger partial charge in [0.1, 0.15) is 0 Å². The SMILES string of the molecule is O=C(NCCN1CCc2sccc2C1)C1CCNC1. The van der Waals surface area contributed by atoms with Crippen molar-refractivity contribution in [1.29, 1.82) is 0 Å². The predicted octanol–water partition coefficient (Wildman–Crippen LogP) is 0.832. The normalized spacial score (nSPS) is 23.3. The first-order chi connectivity index (χ1) is 9.33. The summed E-state index contributed by atoms with van der Waals surface area (Å²) in [5.41, 5.74) is 1.47. The average molecular weight is 279 g/mol. The molecule has 1 atom stereocenters. The standard InChI is InChI=1S/C14H21N3OS/c18-14(11-1-4-15-9-11)16-5-7-17-6-2-13-12(10-17)3-8-19-13/h3,8,11,15H,1-2,4-7,9-10H2,(H,16,18). The number of nitrogens with one attached hydrogen (secondary N) is 2. The zero-order valence-electron chi connectivity index (χ0n) is 11.2. The molecule has 1 amide bonds. The molecular weight excluding hydrogens is 258 g/mol. The van der Waals surface area contributed by atoms with Crippen molar-refractivity contribution in [3.8, 4) is 0 Å². The van der Waals surface area contributed by atoms with Gasteiger partial charge < -0.3 is 10.6 Å². The van der Waals surface area contributed by atoms with Gasteiger partial charge in [-0.3, -0.25) is 9.69 Å². The molecule has 1 unspecified atom stereocenters. The molecule has 0 aliphatic carbocycles. The van der Waals surface area contributed by atoms with Gasteiger partial charge >= 0.3 is 0 Å². The van der Waals surface area contributed by atoms with Crippen LogP contribution in [0, 0.1) is 5.92 Å². The van der Waals surface area contributed by atoms with Gasteiger partial charge in [0, 0.05) is 37.6 Å². The number of hydrogen-bond donors (Lipinski definition) is 2. The smallest absolute Gasteiger partial charge is 0.224 e. The van der Waals surface area contributed by atoms with Crippen LogP contribution in [0.3, 0.4) is 0 Å². The number of thiophene rings is 1. The minimum Gasteiger partial charge on any atom is -0.355 e. The molecule has 0 radical (unpaired) electrons. The lowest BCUT2D eigenvalue weighted by molar-refractivity contribution is -0.124. The van der Waals surface area contributed by atoms with Crippen molar-refractivity contribution in [3.63, 3.8) is 0 Å². The van der Waals surface area contributed by atoms with Crippen LogP contribution in [0.2, 0.25) is 0 Å². The van der Waals surface area contributed by atoms with E-state index >= 15 is 0 Å². The van der Waals surface area contributed by atoms with Gasteiger partial charge in [0.05, 0.1) is 5.92 Å². The number of nitrogens with zero attached hydrogens (tertiary/aromatic N) is 1. The third-order valence-corrected chi connectivity index (χ3v) is 5.07. The van der Waals surface area contributed by atoms with Crippen LogP contribution in [0.5, 0.6) is 0 Å². The first-order valence-corrected chi connectivity index (χ1v) is 7.97. The van der Waals surface area contributed by atoms with Gasteiger partial charge in [0.15, 0.2) is 0 Å². The van der Waals surface area contributed by atoms with Gasteiger partial charge in [-0.25, -0.2) is 0 Å². The van der Waals surface area contributed by atoms with E-state index in [2.05, 4.69) is 27.0 Å².